The van der Waals surface area contributed by atoms with Crippen LogP contribution in [0.5, 0.6) is 0 Å². The van der Waals surface area contributed by atoms with Crippen molar-refractivity contribution in [3.63, 3.8) is 0 Å². The van der Waals surface area contributed by atoms with Crippen molar-refractivity contribution in [1.29, 1.82) is 0 Å². The minimum absolute atomic E-state index is 0.0220. The van der Waals surface area contributed by atoms with E-state index in [4.69, 9.17) is 9.84 Å². The predicted octanol–water partition coefficient (Wildman–Crippen LogP) is 5.16. The summed E-state index contributed by atoms with van der Waals surface area (Å²) < 4.78 is 45.8. The largest absolute Gasteiger partial charge is 0.481 e. The van der Waals surface area contributed by atoms with Gasteiger partial charge in [0.1, 0.15) is 6.61 Å². The Labute approximate surface area is 181 Å². The molecule has 0 aliphatic heterocycles. The average molecular weight is 441 g/mol. The Morgan fingerprint density at radius 2 is 1.47 bits per heavy atom. The van der Waals surface area contributed by atoms with E-state index in [0.717, 1.165) is 22.3 Å². The maximum atomic E-state index is 13.6. The molecule has 0 heterocycles. The number of carbonyl (C=O) groups excluding carboxylic acids is 1. The molecule has 8 heteroatoms. The Morgan fingerprint density at radius 3 is 2.00 bits per heavy atom. The summed E-state index contributed by atoms with van der Waals surface area (Å²) in [5.41, 5.74) is 3.84. The van der Waals surface area contributed by atoms with Gasteiger partial charge in [0, 0.05) is 5.92 Å². The van der Waals surface area contributed by atoms with E-state index >= 15 is 0 Å². The van der Waals surface area contributed by atoms with Gasteiger partial charge in [0.15, 0.2) is 17.5 Å². The first-order chi connectivity index (χ1) is 15.3. The lowest BCUT2D eigenvalue weighted by atomic mass is 9.98. The number of alkyl carbamates (subject to hydrolysis) is 1. The summed E-state index contributed by atoms with van der Waals surface area (Å²) in [6, 6.07) is 15.4. The van der Waals surface area contributed by atoms with Crippen LogP contribution in [0.15, 0.2) is 60.7 Å². The Hall–Kier alpha value is -3.81. The van der Waals surface area contributed by atoms with E-state index in [1.807, 2.05) is 48.5 Å². The second-order valence-corrected chi connectivity index (χ2v) is 7.42. The smallest absolute Gasteiger partial charge is 0.407 e. The number of hydrogen-bond donors (Lipinski definition) is 2. The topological polar surface area (TPSA) is 75.6 Å². The van der Waals surface area contributed by atoms with Gasteiger partial charge < -0.3 is 15.2 Å². The fourth-order valence-corrected chi connectivity index (χ4v) is 3.99. The van der Waals surface area contributed by atoms with E-state index in [9.17, 15) is 22.8 Å². The standard InChI is InChI=1S/C24H18F3NO4/c25-19-9-13(10-20(26)23(19)27)21(11-22(29)30)28-24(31)32-12-18-16-7-3-1-5-14(16)15-6-2-4-8-17(15)18/h1-10,18,21H,11-12H2,(H,28,31)(H,29,30)/t21-/m0/s1. The van der Waals surface area contributed by atoms with Crippen LogP contribution in [0.4, 0.5) is 18.0 Å². The van der Waals surface area contributed by atoms with Crippen molar-refractivity contribution in [3.05, 3.63) is 94.8 Å². The van der Waals surface area contributed by atoms with Gasteiger partial charge in [-0.3, -0.25) is 4.79 Å². The summed E-state index contributed by atoms with van der Waals surface area (Å²) in [6.07, 6.45) is -1.63. The molecule has 0 radical (unpaired) electrons. The summed E-state index contributed by atoms with van der Waals surface area (Å²) in [7, 11) is 0. The van der Waals surface area contributed by atoms with Crippen molar-refractivity contribution in [2.45, 2.75) is 18.4 Å². The van der Waals surface area contributed by atoms with Gasteiger partial charge in [-0.15, -0.1) is 0 Å². The van der Waals surface area contributed by atoms with E-state index in [0.29, 0.717) is 12.1 Å². The van der Waals surface area contributed by atoms with Gasteiger partial charge in [-0.25, -0.2) is 18.0 Å². The van der Waals surface area contributed by atoms with Gasteiger partial charge in [-0.1, -0.05) is 48.5 Å². The highest BCUT2D eigenvalue weighted by atomic mass is 19.2. The van der Waals surface area contributed by atoms with Crippen molar-refractivity contribution in [1.82, 2.24) is 5.32 Å². The molecule has 164 valence electrons. The van der Waals surface area contributed by atoms with E-state index in [1.54, 1.807) is 0 Å². The van der Waals surface area contributed by atoms with Crippen LogP contribution < -0.4 is 5.32 Å². The molecule has 4 rings (SSSR count). The molecule has 1 amide bonds. The number of halogens is 3. The number of aliphatic carboxylic acids is 1. The molecule has 0 spiro atoms. The number of amides is 1. The quantitative estimate of drug-likeness (QED) is 0.519. The highest BCUT2D eigenvalue weighted by Gasteiger charge is 2.29. The van der Waals surface area contributed by atoms with Crippen LogP contribution >= 0.6 is 0 Å². The van der Waals surface area contributed by atoms with Gasteiger partial charge in [0.25, 0.3) is 0 Å². The average Bonchev–Trinajstić information content (AvgIpc) is 3.09. The molecule has 1 aliphatic rings. The third-order valence-electron chi connectivity index (χ3n) is 5.42. The van der Waals surface area contributed by atoms with E-state index in [1.165, 1.54) is 0 Å². The lowest BCUT2D eigenvalue weighted by Crippen LogP contribution is -2.32. The van der Waals surface area contributed by atoms with Gasteiger partial charge in [0.05, 0.1) is 12.5 Å². The maximum absolute atomic E-state index is 13.6. The minimum Gasteiger partial charge on any atom is -0.481 e. The van der Waals surface area contributed by atoms with E-state index in [-0.39, 0.29) is 18.1 Å². The molecule has 3 aromatic carbocycles. The van der Waals surface area contributed by atoms with Gasteiger partial charge in [-0.2, -0.15) is 0 Å². The molecule has 0 bridgehead atoms. The number of carboxylic acids is 1. The van der Waals surface area contributed by atoms with Crippen LogP contribution in [0.3, 0.4) is 0 Å². The molecule has 0 saturated heterocycles. The fourth-order valence-electron chi connectivity index (χ4n) is 3.99. The first-order valence-corrected chi connectivity index (χ1v) is 9.83. The van der Waals surface area contributed by atoms with Crippen LogP contribution in [0, 0.1) is 17.5 Å². The second kappa shape index (κ2) is 8.74. The maximum Gasteiger partial charge on any atom is 0.407 e. The van der Waals surface area contributed by atoms with Crippen LogP contribution in [0.1, 0.15) is 35.1 Å². The number of hydrogen-bond acceptors (Lipinski definition) is 3. The molecular formula is C24H18F3NO4. The van der Waals surface area contributed by atoms with E-state index in [2.05, 4.69) is 5.32 Å². The Morgan fingerprint density at radius 1 is 0.938 bits per heavy atom. The molecular weight excluding hydrogens is 423 g/mol. The summed E-state index contributed by atoms with van der Waals surface area (Å²) in [5.74, 6) is -6.18. The highest BCUT2D eigenvalue weighted by molar-refractivity contribution is 5.79. The van der Waals surface area contributed by atoms with Crippen molar-refractivity contribution in [2.24, 2.45) is 0 Å². The minimum atomic E-state index is -1.68. The predicted molar refractivity (Wildman–Crippen MR) is 110 cm³/mol. The third-order valence-corrected chi connectivity index (χ3v) is 5.42. The lowest BCUT2D eigenvalue weighted by Gasteiger charge is -2.19. The van der Waals surface area contributed by atoms with Crippen molar-refractivity contribution >= 4 is 12.1 Å². The van der Waals surface area contributed by atoms with Crippen LogP contribution in [0.25, 0.3) is 11.1 Å². The van der Waals surface area contributed by atoms with Crippen LogP contribution in [-0.4, -0.2) is 23.8 Å². The number of carboxylic acid groups (broad SMARTS) is 1. The zero-order valence-corrected chi connectivity index (χ0v) is 16.6. The number of carbonyl (C=O) groups is 2. The monoisotopic (exact) mass is 441 g/mol. The molecule has 0 saturated carbocycles. The van der Waals surface area contributed by atoms with Crippen molar-refractivity contribution in [2.75, 3.05) is 6.61 Å². The molecule has 0 unspecified atom stereocenters. The number of benzene rings is 3. The molecule has 1 atom stereocenters. The molecule has 0 aromatic heterocycles. The zero-order valence-electron chi connectivity index (χ0n) is 16.6. The van der Waals surface area contributed by atoms with Crippen molar-refractivity contribution < 1.29 is 32.6 Å². The van der Waals surface area contributed by atoms with Crippen LogP contribution in [-0.2, 0) is 9.53 Å². The first kappa shape index (κ1) is 21.4. The second-order valence-electron chi connectivity index (χ2n) is 7.42. The SMILES string of the molecule is O=C(O)C[C@H](NC(=O)OCC1c2ccccc2-c2ccccc21)c1cc(F)c(F)c(F)c1. The Kier molecular flexibility index (Phi) is 5.85. The first-order valence-electron chi connectivity index (χ1n) is 9.83. The molecule has 2 N–H and O–H groups in total. The third kappa shape index (κ3) is 4.16. The van der Waals surface area contributed by atoms with Crippen molar-refractivity contribution in [3.8, 4) is 11.1 Å². The highest BCUT2D eigenvalue weighted by Crippen LogP contribution is 2.44. The van der Waals surface area contributed by atoms with E-state index < -0.39 is 42.0 Å². The lowest BCUT2D eigenvalue weighted by molar-refractivity contribution is -0.137. The molecule has 32 heavy (non-hydrogen) atoms. The summed E-state index contributed by atoms with van der Waals surface area (Å²) in [6.45, 7) is -0.0220. The van der Waals surface area contributed by atoms with Gasteiger partial charge in [0.2, 0.25) is 0 Å². The van der Waals surface area contributed by atoms with Crippen LogP contribution in [0.2, 0.25) is 0 Å². The summed E-state index contributed by atoms with van der Waals surface area (Å²) >= 11 is 0. The number of nitrogens with one attached hydrogen (secondary N) is 1. The molecule has 0 fully saturated rings. The molecule has 5 nitrogen and oxygen atoms in total. The number of ether oxygens (including phenoxy) is 1. The molecule has 1 aliphatic carbocycles. The summed E-state index contributed by atoms with van der Waals surface area (Å²) in [5, 5.41) is 11.4. The Bertz CT molecular complexity index is 1130. The fraction of sp³-hybridized carbons (Fsp3) is 0.167. The van der Waals surface area contributed by atoms with Gasteiger partial charge >= 0.3 is 12.1 Å². The Balaban J connectivity index is 1.50. The van der Waals surface area contributed by atoms with Gasteiger partial charge in [-0.05, 0) is 39.9 Å². The number of rotatable bonds is 6. The normalized spacial score (nSPS) is 13.2. The molecule has 3 aromatic rings. The summed E-state index contributed by atoms with van der Waals surface area (Å²) in [4.78, 5) is 23.6. The zero-order chi connectivity index (χ0) is 22.8. The number of fused-ring (bicyclic) bond motifs is 3.